The van der Waals surface area contributed by atoms with Gasteiger partial charge in [0, 0.05) is 31.9 Å². The molecule has 1 aliphatic rings. The van der Waals surface area contributed by atoms with Gasteiger partial charge in [-0.3, -0.25) is 14.4 Å². The Hall–Kier alpha value is -1.36. The summed E-state index contributed by atoms with van der Waals surface area (Å²) in [6, 6.07) is 2.49. The van der Waals surface area contributed by atoms with Crippen molar-refractivity contribution < 1.29 is 9.90 Å². The first-order valence-electron chi connectivity index (χ1n) is 6.56. The number of likely N-dealkylation sites (tertiary alicyclic amines) is 1. The van der Waals surface area contributed by atoms with Crippen LogP contribution in [0.4, 0.5) is 0 Å². The number of carboxylic acids is 1. The maximum absolute atomic E-state index is 10.5. The Morgan fingerprint density at radius 3 is 2.94 bits per heavy atom. The lowest BCUT2D eigenvalue weighted by molar-refractivity contribution is -0.139. The van der Waals surface area contributed by atoms with Gasteiger partial charge in [-0.25, -0.2) is 0 Å². The van der Waals surface area contributed by atoms with E-state index in [9.17, 15) is 4.79 Å². The highest BCUT2D eigenvalue weighted by Crippen LogP contribution is 2.21. The third-order valence-corrected chi connectivity index (χ3v) is 3.59. The van der Waals surface area contributed by atoms with Crippen molar-refractivity contribution in [2.75, 3.05) is 13.1 Å². The van der Waals surface area contributed by atoms with Crippen LogP contribution in [0.2, 0.25) is 0 Å². The highest BCUT2D eigenvalue weighted by molar-refractivity contribution is 5.67. The highest BCUT2D eigenvalue weighted by Gasteiger charge is 2.28. The second kappa shape index (κ2) is 5.52. The fraction of sp³-hybridized carbons (Fsp3) is 0.692. The topological polar surface area (TPSA) is 58.4 Å². The molecule has 1 aromatic heterocycles. The SMILES string of the molecule is CCC(C)n1ccc(CN2CC(CC(=O)O)C2)n1. The van der Waals surface area contributed by atoms with Gasteiger partial charge in [0.05, 0.1) is 12.1 Å². The lowest BCUT2D eigenvalue weighted by Gasteiger charge is -2.38. The number of hydrogen-bond donors (Lipinski definition) is 1. The normalized spacial score (nSPS) is 18.6. The van der Waals surface area contributed by atoms with E-state index in [2.05, 4.69) is 29.9 Å². The standard InChI is InChI=1S/C13H21N3O2/c1-3-10(2)16-5-4-12(14-16)9-15-7-11(8-15)6-13(17)18/h4-5,10-11H,3,6-9H2,1-2H3,(H,17,18). The molecule has 2 rings (SSSR count). The summed E-state index contributed by atoms with van der Waals surface area (Å²) in [4.78, 5) is 12.8. The van der Waals surface area contributed by atoms with E-state index in [1.54, 1.807) is 0 Å². The molecule has 1 aliphatic heterocycles. The molecular weight excluding hydrogens is 230 g/mol. The first-order chi connectivity index (χ1) is 8.58. The van der Waals surface area contributed by atoms with Crippen molar-refractivity contribution >= 4 is 5.97 Å². The molecule has 0 aromatic carbocycles. The molecule has 1 aromatic rings. The van der Waals surface area contributed by atoms with Crippen LogP contribution in [0.3, 0.4) is 0 Å². The molecule has 1 fully saturated rings. The van der Waals surface area contributed by atoms with Crippen LogP contribution >= 0.6 is 0 Å². The number of carbonyl (C=O) groups is 1. The summed E-state index contributed by atoms with van der Waals surface area (Å²) in [6.07, 6.45) is 3.39. The van der Waals surface area contributed by atoms with E-state index in [4.69, 9.17) is 5.11 Å². The monoisotopic (exact) mass is 251 g/mol. The first-order valence-corrected chi connectivity index (χ1v) is 6.56. The minimum Gasteiger partial charge on any atom is -0.481 e. The zero-order chi connectivity index (χ0) is 13.1. The van der Waals surface area contributed by atoms with Crippen molar-refractivity contribution in [3.05, 3.63) is 18.0 Å². The Morgan fingerprint density at radius 2 is 2.33 bits per heavy atom. The zero-order valence-electron chi connectivity index (χ0n) is 11.0. The molecule has 0 bridgehead atoms. The summed E-state index contributed by atoms with van der Waals surface area (Å²) >= 11 is 0. The van der Waals surface area contributed by atoms with Gasteiger partial charge in [0.1, 0.15) is 0 Å². The smallest absolute Gasteiger partial charge is 0.303 e. The highest BCUT2D eigenvalue weighted by atomic mass is 16.4. The number of aliphatic carboxylic acids is 1. The molecule has 100 valence electrons. The largest absolute Gasteiger partial charge is 0.481 e. The number of aromatic nitrogens is 2. The molecule has 0 spiro atoms. The molecule has 0 amide bonds. The molecular formula is C13H21N3O2. The van der Waals surface area contributed by atoms with Gasteiger partial charge in [-0.1, -0.05) is 6.92 Å². The van der Waals surface area contributed by atoms with E-state index in [0.29, 0.717) is 12.0 Å². The molecule has 1 saturated heterocycles. The predicted octanol–water partition coefficient (Wildman–Crippen LogP) is 1.76. The molecule has 5 heteroatoms. The lowest BCUT2D eigenvalue weighted by Crippen LogP contribution is -2.46. The Morgan fingerprint density at radius 1 is 1.61 bits per heavy atom. The molecule has 5 nitrogen and oxygen atoms in total. The van der Waals surface area contributed by atoms with Gasteiger partial charge >= 0.3 is 5.97 Å². The van der Waals surface area contributed by atoms with E-state index in [1.807, 2.05) is 10.9 Å². The molecule has 1 atom stereocenters. The fourth-order valence-corrected chi connectivity index (χ4v) is 2.31. The molecule has 1 unspecified atom stereocenters. The van der Waals surface area contributed by atoms with Crippen molar-refractivity contribution in [1.29, 1.82) is 0 Å². The Labute approximate surface area is 107 Å². The number of rotatable bonds is 6. The molecule has 2 heterocycles. The molecule has 18 heavy (non-hydrogen) atoms. The Balaban J connectivity index is 1.78. The average Bonchev–Trinajstić information content (AvgIpc) is 2.73. The fourth-order valence-electron chi connectivity index (χ4n) is 2.31. The van der Waals surface area contributed by atoms with Gasteiger partial charge in [-0.05, 0) is 25.3 Å². The maximum atomic E-state index is 10.5. The third-order valence-electron chi connectivity index (χ3n) is 3.59. The van der Waals surface area contributed by atoms with Crippen LogP contribution in [0.25, 0.3) is 0 Å². The number of hydrogen-bond acceptors (Lipinski definition) is 3. The zero-order valence-corrected chi connectivity index (χ0v) is 11.0. The lowest BCUT2D eigenvalue weighted by atomic mass is 9.96. The first kappa shape index (κ1) is 13.1. The molecule has 0 saturated carbocycles. The van der Waals surface area contributed by atoms with Crippen molar-refractivity contribution in [3.63, 3.8) is 0 Å². The summed E-state index contributed by atoms with van der Waals surface area (Å²) < 4.78 is 2.00. The van der Waals surface area contributed by atoms with Crippen LogP contribution in [0.1, 0.15) is 38.4 Å². The van der Waals surface area contributed by atoms with Crippen LogP contribution in [0, 0.1) is 5.92 Å². The van der Waals surface area contributed by atoms with Crippen molar-refractivity contribution in [2.24, 2.45) is 5.92 Å². The van der Waals surface area contributed by atoms with Gasteiger partial charge < -0.3 is 5.11 Å². The summed E-state index contributed by atoms with van der Waals surface area (Å²) in [7, 11) is 0. The summed E-state index contributed by atoms with van der Waals surface area (Å²) in [5, 5.41) is 13.2. The van der Waals surface area contributed by atoms with Crippen molar-refractivity contribution in [2.45, 2.75) is 39.3 Å². The molecule has 1 N–H and O–H groups in total. The average molecular weight is 251 g/mol. The summed E-state index contributed by atoms with van der Waals surface area (Å²) in [6.45, 7) is 6.89. The Bertz CT molecular complexity index is 410. The van der Waals surface area contributed by atoms with Gasteiger partial charge in [0.2, 0.25) is 0 Å². The van der Waals surface area contributed by atoms with Crippen LogP contribution in [-0.2, 0) is 11.3 Å². The van der Waals surface area contributed by atoms with E-state index >= 15 is 0 Å². The molecule has 0 aliphatic carbocycles. The predicted molar refractivity (Wildman–Crippen MR) is 68.2 cm³/mol. The van der Waals surface area contributed by atoms with E-state index in [0.717, 1.165) is 31.7 Å². The minimum absolute atomic E-state index is 0.289. The van der Waals surface area contributed by atoms with Gasteiger partial charge in [0.25, 0.3) is 0 Å². The van der Waals surface area contributed by atoms with Crippen LogP contribution in [-0.4, -0.2) is 38.8 Å². The summed E-state index contributed by atoms with van der Waals surface area (Å²) in [5.41, 5.74) is 1.07. The van der Waals surface area contributed by atoms with Crippen molar-refractivity contribution in [1.82, 2.24) is 14.7 Å². The second-order valence-electron chi connectivity index (χ2n) is 5.20. The quantitative estimate of drug-likeness (QED) is 0.837. The van der Waals surface area contributed by atoms with Crippen LogP contribution < -0.4 is 0 Å². The van der Waals surface area contributed by atoms with Gasteiger partial charge in [-0.15, -0.1) is 0 Å². The third kappa shape index (κ3) is 3.10. The van der Waals surface area contributed by atoms with Gasteiger partial charge in [-0.2, -0.15) is 5.10 Å². The van der Waals surface area contributed by atoms with Crippen LogP contribution in [0.15, 0.2) is 12.3 Å². The number of nitrogens with zero attached hydrogens (tertiary/aromatic N) is 3. The van der Waals surface area contributed by atoms with E-state index in [-0.39, 0.29) is 6.42 Å². The van der Waals surface area contributed by atoms with E-state index < -0.39 is 5.97 Å². The second-order valence-corrected chi connectivity index (χ2v) is 5.20. The Kier molecular flexibility index (Phi) is 4.01. The van der Waals surface area contributed by atoms with Crippen molar-refractivity contribution in [3.8, 4) is 0 Å². The number of carboxylic acid groups (broad SMARTS) is 1. The van der Waals surface area contributed by atoms with Gasteiger partial charge in [0.15, 0.2) is 0 Å². The molecule has 0 radical (unpaired) electrons. The minimum atomic E-state index is -0.694. The summed E-state index contributed by atoms with van der Waals surface area (Å²) in [5.74, 6) is -0.375. The maximum Gasteiger partial charge on any atom is 0.303 e. The van der Waals surface area contributed by atoms with Crippen LogP contribution in [0.5, 0.6) is 0 Å². The van der Waals surface area contributed by atoms with E-state index in [1.165, 1.54) is 0 Å².